The molecule has 0 saturated carbocycles. The van der Waals surface area contributed by atoms with E-state index in [0.717, 1.165) is 25.2 Å². The summed E-state index contributed by atoms with van der Waals surface area (Å²) in [6.07, 6.45) is 0. The highest BCUT2D eigenvalue weighted by atomic mass is 79.9. The van der Waals surface area contributed by atoms with Crippen LogP contribution in [0, 0.1) is 0 Å². The standard InChI is InChI=1S/C20H26BrN3O3S/c1-3-23(4-2)12-13-24(15-16-8-6-5-7-9-16)20(25)18-14-17(28(22,26)27)10-11-19(18)21/h5-11,14H,3-4,12-13,15H2,1-2H3,(H2,22,26,27). The zero-order chi connectivity index (χ0) is 20.7. The van der Waals surface area contributed by atoms with Crippen LogP contribution in [0.3, 0.4) is 0 Å². The number of hydrogen-bond donors (Lipinski definition) is 1. The van der Waals surface area contributed by atoms with Crippen LogP contribution in [0.5, 0.6) is 0 Å². The van der Waals surface area contributed by atoms with E-state index in [4.69, 9.17) is 5.14 Å². The quantitative estimate of drug-likeness (QED) is 0.613. The summed E-state index contributed by atoms with van der Waals surface area (Å²) in [5, 5.41) is 5.24. The lowest BCUT2D eigenvalue weighted by atomic mass is 10.1. The lowest BCUT2D eigenvalue weighted by Gasteiger charge is -2.27. The molecule has 0 bridgehead atoms. The second-order valence-electron chi connectivity index (χ2n) is 6.43. The average molecular weight is 468 g/mol. The Morgan fingerprint density at radius 2 is 1.68 bits per heavy atom. The second-order valence-corrected chi connectivity index (χ2v) is 8.84. The summed E-state index contributed by atoms with van der Waals surface area (Å²) in [5.74, 6) is -0.242. The number of halogens is 1. The first-order chi connectivity index (χ1) is 13.3. The van der Waals surface area contributed by atoms with Gasteiger partial charge in [0.25, 0.3) is 5.91 Å². The Bertz CT molecular complexity index is 900. The highest BCUT2D eigenvalue weighted by molar-refractivity contribution is 9.10. The highest BCUT2D eigenvalue weighted by Crippen LogP contribution is 2.23. The largest absolute Gasteiger partial charge is 0.333 e. The van der Waals surface area contributed by atoms with Crippen molar-refractivity contribution in [3.63, 3.8) is 0 Å². The van der Waals surface area contributed by atoms with E-state index < -0.39 is 10.0 Å². The lowest BCUT2D eigenvalue weighted by Crippen LogP contribution is -2.38. The van der Waals surface area contributed by atoms with E-state index in [1.165, 1.54) is 18.2 Å². The molecule has 0 spiro atoms. The molecule has 1 amide bonds. The van der Waals surface area contributed by atoms with Crippen LogP contribution in [0.15, 0.2) is 57.9 Å². The summed E-state index contributed by atoms with van der Waals surface area (Å²) in [7, 11) is -3.89. The average Bonchev–Trinajstić information content (AvgIpc) is 2.67. The number of carbonyl (C=O) groups is 1. The van der Waals surface area contributed by atoms with Crippen LogP contribution in [0.2, 0.25) is 0 Å². The normalized spacial score (nSPS) is 11.6. The number of nitrogens with zero attached hydrogens (tertiary/aromatic N) is 2. The minimum Gasteiger partial charge on any atom is -0.333 e. The molecule has 28 heavy (non-hydrogen) atoms. The van der Waals surface area contributed by atoms with Gasteiger partial charge in [-0.2, -0.15) is 0 Å². The number of primary sulfonamides is 1. The van der Waals surface area contributed by atoms with Gasteiger partial charge in [0.2, 0.25) is 10.0 Å². The Kier molecular flexibility index (Phi) is 8.18. The fraction of sp³-hybridized carbons (Fsp3) is 0.350. The number of carbonyl (C=O) groups excluding carboxylic acids is 1. The Balaban J connectivity index is 2.34. The molecule has 2 aromatic carbocycles. The summed E-state index contributed by atoms with van der Waals surface area (Å²) in [6, 6.07) is 14.0. The molecule has 2 aromatic rings. The van der Waals surface area contributed by atoms with Gasteiger partial charge in [0.05, 0.1) is 10.5 Å². The van der Waals surface area contributed by atoms with E-state index in [1.54, 1.807) is 4.90 Å². The molecule has 152 valence electrons. The molecular formula is C20H26BrN3O3S. The fourth-order valence-corrected chi connectivity index (χ4v) is 3.83. The van der Waals surface area contributed by atoms with E-state index >= 15 is 0 Å². The number of benzene rings is 2. The molecule has 2 rings (SSSR count). The van der Waals surface area contributed by atoms with Crippen LogP contribution in [-0.4, -0.2) is 50.3 Å². The highest BCUT2D eigenvalue weighted by Gasteiger charge is 2.21. The summed E-state index contributed by atoms with van der Waals surface area (Å²) in [4.78, 5) is 17.2. The van der Waals surface area contributed by atoms with Crippen molar-refractivity contribution in [1.82, 2.24) is 9.80 Å². The van der Waals surface area contributed by atoms with Crippen molar-refractivity contribution in [3.05, 3.63) is 64.1 Å². The molecule has 0 heterocycles. The second kappa shape index (κ2) is 10.2. The first-order valence-corrected chi connectivity index (χ1v) is 11.5. The third-order valence-corrected chi connectivity index (χ3v) is 6.18. The van der Waals surface area contributed by atoms with E-state index in [-0.39, 0.29) is 16.4 Å². The molecule has 0 aliphatic heterocycles. The predicted octanol–water partition coefficient (Wildman–Crippen LogP) is 3.08. The third-order valence-electron chi connectivity index (χ3n) is 4.58. The SMILES string of the molecule is CCN(CC)CCN(Cc1ccccc1)C(=O)c1cc(S(N)(=O)=O)ccc1Br. The first kappa shape index (κ1) is 22.5. The topological polar surface area (TPSA) is 83.7 Å². The van der Waals surface area contributed by atoms with Crippen molar-refractivity contribution in [2.75, 3.05) is 26.2 Å². The van der Waals surface area contributed by atoms with E-state index in [9.17, 15) is 13.2 Å². The molecule has 0 aromatic heterocycles. The van der Waals surface area contributed by atoms with Crippen LogP contribution in [-0.2, 0) is 16.6 Å². The van der Waals surface area contributed by atoms with Crippen LogP contribution in [0.4, 0.5) is 0 Å². The molecule has 2 N–H and O–H groups in total. The number of sulfonamides is 1. The van der Waals surface area contributed by atoms with Gasteiger partial charge in [-0.25, -0.2) is 13.6 Å². The Labute approximate surface area is 175 Å². The number of hydrogen-bond acceptors (Lipinski definition) is 4. The number of nitrogens with two attached hydrogens (primary N) is 1. The maximum atomic E-state index is 13.3. The van der Waals surface area contributed by atoms with Crippen LogP contribution >= 0.6 is 15.9 Å². The molecule has 0 aliphatic rings. The van der Waals surface area contributed by atoms with Gasteiger partial charge < -0.3 is 9.80 Å². The zero-order valence-electron chi connectivity index (χ0n) is 16.1. The summed E-state index contributed by atoms with van der Waals surface area (Å²) < 4.78 is 23.9. The molecule has 6 nitrogen and oxygen atoms in total. The Morgan fingerprint density at radius 3 is 2.25 bits per heavy atom. The molecule has 0 aliphatic carbocycles. The van der Waals surface area contributed by atoms with Gasteiger partial charge >= 0.3 is 0 Å². The van der Waals surface area contributed by atoms with Gasteiger partial charge in [0.15, 0.2) is 0 Å². The molecule has 0 atom stereocenters. The van der Waals surface area contributed by atoms with Gasteiger partial charge in [-0.05, 0) is 52.8 Å². The monoisotopic (exact) mass is 467 g/mol. The summed E-state index contributed by atoms with van der Waals surface area (Å²) in [5.41, 5.74) is 1.29. The maximum absolute atomic E-state index is 13.3. The lowest BCUT2D eigenvalue weighted by molar-refractivity contribution is 0.0722. The van der Waals surface area contributed by atoms with Crippen molar-refractivity contribution < 1.29 is 13.2 Å². The fourth-order valence-electron chi connectivity index (χ4n) is 2.87. The minimum absolute atomic E-state index is 0.0811. The van der Waals surface area contributed by atoms with Gasteiger partial charge in [-0.15, -0.1) is 0 Å². The Morgan fingerprint density at radius 1 is 1.04 bits per heavy atom. The number of amides is 1. The maximum Gasteiger partial charge on any atom is 0.255 e. The molecule has 0 radical (unpaired) electrons. The van der Waals surface area contributed by atoms with Crippen molar-refractivity contribution in [2.45, 2.75) is 25.3 Å². The van der Waals surface area contributed by atoms with Crippen molar-refractivity contribution >= 4 is 31.9 Å². The van der Waals surface area contributed by atoms with Gasteiger partial charge in [-0.3, -0.25) is 4.79 Å². The smallest absolute Gasteiger partial charge is 0.255 e. The number of rotatable bonds is 9. The zero-order valence-corrected chi connectivity index (χ0v) is 18.5. The van der Waals surface area contributed by atoms with Gasteiger partial charge in [0, 0.05) is 24.1 Å². The van der Waals surface area contributed by atoms with Crippen molar-refractivity contribution in [2.24, 2.45) is 5.14 Å². The molecule has 8 heteroatoms. The molecule has 0 fully saturated rings. The summed E-state index contributed by atoms with van der Waals surface area (Å²) >= 11 is 3.37. The van der Waals surface area contributed by atoms with Crippen molar-refractivity contribution in [1.29, 1.82) is 0 Å². The van der Waals surface area contributed by atoms with Crippen LogP contribution in [0.1, 0.15) is 29.8 Å². The van der Waals surface area contributed by atoms with Crippen LogP contribution in [0.25, 0.3) is 0 Å². The third kappa shape index (κ3) is 6.13. The van der Waals surface area contributed by atoms with E-state index in [0.29, 0.717) is 17.6 Å². The first-order valence-electron chi connectivity index (χ1n) is 9.14. The number of likely N-dealkylation sites (N-methyl/N-ethyl adjacent to an activating group) is 1. The van der Waals surface area contributed by atoms with Gasteiger partial charge in [0.1, 0.15) is 0 Å². The molecular weight excluding hydrogens is 442 g/mol. The minimum atomic E-state index is -3.89. The van der Waals surface area contributed by atoms with E-state index in [1.807, 2.05) is 30.3 Å². The van der Waals surface area contributed by atoms with Gasteiger partial charge in [-0.1, -0.05) is 44.2 Å². The van der Waals surface area contributed by atoms with Crippen molar-refractivity contribution in [3.8, 4) is 0 Å². The Hall–Kier alpha value is -1.74. The predicted molar refractivity (Wildman–Crippen MR) is 114 cm³/mol. The molecule has 0 unspecified atom stereocenters. The van der Waals surface area contributed by atoms with E-state index in [2.05, 4.69) is 34.7 Å². The molecule has 0 saturated heterocycles. The summed E-state index contributed by atoms with van der Waals surface area (Å²) in [6.45, 7) is 7.66. The van der Waals surface area contributed by atoms with Crippen LogP contribution < -0.4 is 5.14 Å².